The summed E-state index contributed by atoms with van der Waals surface area (Å²) < 4.78 is 13.5. The van der Waals surface area contributed by atoms with Crippen LogP contribution >= 0.6 is 11.6 Å². The standard InChI is InChI=1S/C12H11ClFNO/c1-8(16)12(2,7-15)6-9-3-4-10(13)5-11(9)14/h3-5H,6H2,1-2H3. The van der Waals surface area contributed by atoms with Gasteiger partial charge in [0.15, 0.2) is 0 Å². The van der Waals surface area contributed by atoms with Crippen molar-refractivity contribution in [3.8, 4) is 6.07 Å². The maximum atomic E-state index is 13.5. The molecule has 0 N–H and O–H groups in total. The van der Waals surface area contributed by atoms with E-state index in [-0.39, 0.29) is 12.2 Å². The lowest BCUT2D eigenvalue weighted by Crippen LogP contribution is -2.26. The van der Waals surface area contributed by atoms with Crippen LogP contribution in [0.25, 0.3) is 0 Å². The summed E-state index contributed by atoms with van der Waals surface area (Å²) in [4.78, 5) is 11.3. The second kappa shape index (κ2) is 4.63. The minimum Gasteiger partial charge on any atom is -0.298 e. The third-order valence-corrected chi connectivity index (χ3v) is 2.82. The molecule has 4 heteroatoms. The molecule has 0 spiro atoms. The Morgan fingerprint density at radius 2 is 2.25 bits per heavy atom. The van der Waals surface area contributed by atoms with Crippen LogP contribution in [0.15, 0.2) is 18.2 Å². The zero-order chi connectivity index (χ0) is 12.3. The third-order valence-electron chi connectivity index (χ3n) is 2.58. The van der Waals surface area contributed by atoms with Gasteiger partial charge in [0, 0.05) is 11.4 Å². The van der Waals surface area contributed by atoms with Crippen molar-refractivity contribution in [3.05, 3.63) is 34.6 Å². The number of halogens is 2. The fraction of sp³-hybridized carbons (Fsp3) is 0.333. The molecule has 1 atom stereocenters. The SMILES string of the molecule is CC(=O)C(C)(C#N)Cc1ccc(Cl)cc1F. The summed E-state index contributed by atoms with van der Waals surface area (Å²) >= 11 is 5.61. The van der Waals surface area contributed by atoms with E-state index in [0.29, 0.717) is 10.6 Å². The van der Waals surface area contributed by atoms with Gasteiger partial charge in [-0.3, -0.25) is 4.79 Å². The molecule has 0 radical (unpaired) electrons. The Kier molecular flexibility index (Phi) is 3.66. The molecule has 1 aromatic carbocycles. The Hall–Kier alpha value is -1.40. The molecule has 84 valence electrons. The Labute approximate surface area is 98.6 Å². The van der Waals surface area contributed by atoms with Crippen molar-refractivity contribution in [3.63, 3.8) is 0 Å². The molecule has 0 amide bonds. The van der Waals surface area contributed by atoms with Gasteiger partial charge in [0.1, 0.15) is 17.0 Å². The van der Waals surface area contributed by atoms with Gasteiger partial charge in [-0.2, -0.15) is 5.26 Å². The van der Waals surface area contributed by atoms with Crippen LogP contribution in [0, 0.1) is 22.6 Å². The number of carbonyl (C=O) groups excluding carboxylic acids is 1. The summed E-state index contributed by atoms with van der Waals surface area (Å²) in [6, 6.07) is 6.13. The highest BCUT2D eigenvalue weighted by molar-refractivity contribution is 6.30. The van der Waals surface area contributed by atoms with Crippen LogP contribution in [0.3, 0.4) is 0 Å². The van der Waals surface area contributed by atoms with Gasteiger partial charge >= 0.3 is 0 Å². The number of nitriles is 1. The topological polar surface area (TPSA) is 40.9 Å². The summed E-state index contributed by atoms with van der Waals surface area (Å²) in [6.45, 7) is 2.83. The normalized spacial score (nSPS) is 13.9. The first-order chi connectivity index (χ1) is 7.39. The van der Waals surface area contributed by atoms with Gasteiger partial charge in [-0.15, -0.1) is 0 Å². The van der Waals surface area contributed by atoms with Gasteiger partial charge in [0.05, 0.1) is 6.07 Å². The Bertz CT molecular complexity index is 467. The van der Waals surface area contributed by atoms with Crippen molar-refractivity contribution < 1.29 is 9.18 Å². The molecular weight excluding hydrogens is 229 g/mol. The van der Waals surface area contributed by atoms with Crippen molar-refractivity contribution >= 4 is 17.4 Å². The van der Waals surface area contributed by atoms with E-state index < -0.39 is 11.2 Å². The summed E-state index contributed by atoms with van der Waals surface area (Å²) in [5.74, 6) is -0.764. The molecule has 16 heavy (non-hydrogen) atoms. The summed E-state index contributed by atoms with van der Waals surface area (Å²) in [5, 5.41) is 9.24. The largest absolute Gasteiger partial charge is 0.298 e. The number of rotatable bonds is 3. The monoisotopic (exact) mass is 239 g/mol. The summed E-state index contributed by atoms with van der Waals surface area (Å²) in [5.41, 5.74) is -0.863. The number of ketones is 1. The van der Waals surface area contributed by atoms with Crippen molar-refractivity contribution in [1.82, 2.24) is 0 Å². The third kappa shape index (κ3) is 2.59. The molecule has 0 aliphatic rings. The molecule has 1 unspecified atom stereocenters. The first-order valence-electron chi connectivity index (χ1n) is 4.75. The van der Waals surface area contributed by atoms with E-state index >= 15 is 0 Å². The smallest absolute Gasteiger partial charge is 0.150 e. The van der Waals surface area contributed by atoms with Crippen LogP contribution in [0.4, 0.5) is 4.39 Å². The van der Waals surface area contributed by atoms with E-state index in [2.05, 4.69) is 0 Å². The lowest BCUT2D eigenvalue weighted by Gasteiger charge is -2.18. The minimum absolute atomic E-state index is 0.0574. The Morgan fingerprint density at radius 3 is 2.69 bits per heavy atom. The highest BCUT2D eigenvalue weighted by Crippen LogP contribution is 2.25. The quantitative estimate of drug-likeness (QED) is 0.813. The number of nitrogens with zero attached hydrogens (tertiary/aromatic N) is 1. The zero-order valence-electron chi connectivity index (χ0n) is 9.05. The maximum Gasteiger partial charge on any atom is 0.150 e. The van der Waals surface area contributed by atoms with E-state index in [0.717, 1.165) is 0 Å². The fourth-order valence-electron chi connectivity index (χ4n) is 1.29. The molecule has 0 aromatic heterocycles. The zero-order valence-corrected chi connectivity index (χ0v) is 9.81. The number of hydrogen-bond acceptors (Lipinski definition) is 2. The number of Topliss-reactive ketones (excluding diaryl/α,β-unsaturated/α-hetero) is 1. The lowest BCUT2D eigenvalue weighted by molar-refractivity contribution is -0.123. The Morgan fingerprint density at radius 1 is 1.62 bits per heavy atom. The van der Waals surface area contributed by atoms with Crippen molar-refractivity contribution in [2.24, 2.45) is 5.41 Å². The maximum absolute atomic E-state index is 13.5. The van der Waals surface area contributed by atoms with E-state index in [4.69, 9.17) is 16.9 Å². The van der Waals surface area contributed by atoms with E-state index in [1.54, 1.807) is 0 Å². The van der Waals surface area contributed by atoms with Crippen molar-refractivity contribution in [2.45, 2.75) is 20.3 Å². The molecule has 0 saturated heterocycles. The average Bonchev–Trinajstić information content (AvgIpc) is 2.22. The number of benzene rings is 1. The molecule has 0 aliphatic carbocycles. The van der Waals surface area contributed by atoms with Gasteiger partial charge in [-0.1, -0.05) is 17.7 Å². The van der Waals surface area contributed by atoms with Gasteiger partial charge in [0.25, 0.3) is 0 Å². The van der Waals surface area contributed by atoms with E-state index in [9.17, 15) is 9.18 Å². The number of hydrogen-bond donors (Lipinski definition) is 0. The van der Waals surface area contributed by atoms with Crippen LogP contribution in [0.2, 0.25) is 5.02 Å². The van der Waals surface area contributed by atoms with Crippen LogP contribution in [-0.4, -0.2) is 5.78 Å². The average molecular weight is 240 g/mol. The second-order valence-corrected chi connectivity index (χ2v) is 4.35. The van der Waals surface area contributed by atoms with Gasteiger partial charge in [-0.25, -0.2) is 4.39 Å². The molecule has 0 aliphatic heterocycles. The summed E-state index contributed by atoms with van der Waals surface area (Å²) in [6.07, 6.45) is 0.0574. The van der Waals surface area contributed by atoms with Crippen LogP contribution in [0.5, 0.6) is 0 Å². The fourth-order valence-corrected chi connectivity index (χ4v) is 1.45. The second-order valence-electron chi connectivity index (χ2n) is 3.91. The van der Waals surface area contributed by atoms with E-state index in [1.807, 2.05) is 6.07 Å². The van der Waals surface area contributed by atoms with E-state index in [1.165, 1.54) is 32.0 Å². The van der Waals surface area contributed by atoms with Crippen LogP contribution < -0.4 is 0 Å². The van der Waals surface area contributed by atoms with Gasteiger partial charge in [-0.05, 0) is 31.5 Å². The van der Waals surface area contributed by atoms with Crippen molar-refractivity contribution in [1.29, 1.82) is 5.26 Å². The first kappa shape index (κ1) is 12.7. The van der Waals surface area contributed by atoms with Gasteiger partial charge in [0.2, 0.25) is 0 Å². The molecular formula is C12H11ClFNO. The summed E-state index contributed by atoms with van der Waals surface area (Å²) in [7, 11) is 0. The molecule has 1 aromatic rings. The predicted molar refractivity (Wildman–Crippen MR) is 59.5 cm³/mol. The molecule has 0 heterocycles. The highest BCUT2D eigenvalue weighted by Gasteiger charge is 2.30. The molecule has 1 rings (SSSR count). The first-order valence-corrected chi connectivity index (χ1v) is 5.13. The molecule has 0 fully saturated rings. The highest BCUT2D eigenvalue weighted by atomic mass is 35.5. The minimum atomic E-state index is -1.19. The van der Waals surface area contributed by atoms with Gasteiger partial charge < -0.3 is 0 Å². The molecule has 2 nitrogen and oxygen atoms in total. The molecule has 0 bridgehead atoms. The Balaban J connectivity index is 3.05. The van der Waals surface area contributed by atoms with Crippen LogP contribution in [0.1, 0.15) is 19.4 Å². The molecule has 0 saturated carbocycles. The van der Waals surface area contributed by atoms with Crippen molar-refractivity contribution in [2.75, 3.05) is 0 Å². The lowest BCUT2D eigenvalue weighted by atomic mass is 9.81. The van der Waals surface area contributed by atoms with Crippen LogP contribution in [-0.2, 0) is 11.2 Å². The predicted octanol–water partition coefficient (Wildman–Crippen LogP) is 3.14. The number of carbonyl (C=O) groups is 1.